The summed E-state index contributed by atoms with van der Waals surface area (Å²) in [4.78, 5) is 10.1. The summed E-state index contributed by atoms with van der Waals surface area (Å²) in [6.07, 6.45) is 4.47. The van der Waals surface area contributed by atoms with Crippen molar-refractivity contribution >= 4 is 33.8 Å². The number of rotatable bonds is 5. The van der Waals surface area contributed by atoms with E-state index < -0.39 is 5.54 Å². The van der Waals surface area contributed by atoms with Crippen LogP contribution in [-0.4, -0.2) is 26.9 Å². The van der Waals surface area contributed by atoms with Crippen molar-refractivity contribution < 1.29 is 4.74 Å². The molecule has 1 aliphatic rings. The Hall–Kier alpha value is -2.94. The number of nitrogens with one attached hydrogen (secondary N) is 1. The molecule has 9 heteroatoms. The van der Waals surface area contributed by atoms with Gasteiger partial charge in [-0.3, -0.25) is 0 Å². The second kappa shape index (κ2) is 7.96. The fourth-order valence-corrected chi connectivity index (χ4v) is 5.25. The molecule has 158 valence electrons. The van der Waals surface area contributed by atoms with Crippen molar-refractivity contribution in [2.45, 2.75) is 24.8 Å². The van der Waals surface area contributed by atoms with Gasteiger partial charge < -0.3 is 15.8 Å². The van der Waals surface area contributed by atoms with Crippen LogP contribution in [-0.2, 0) is 12.0 Å². The third kappa shape index (κ3) is 3.67. The SMILES string of the molecule is COc1cc(Nc2nc3c(s2)CCCC3(N)c2ccccc2)ccc1-n1cnc(Cl)n1. The van der Waals surface area contributed by atoms with Gasteiger partial charge in [0.05, 0.1) is 18.3 Å². The molecule has 31 heavy (non-hydrogen) atoms. The minimum absolute atomic E-state index is 0.182. The maximum absolute atomic E-state index is 6.90. The monoisotopic (exact) mass is 452 g/mol. The fraction of sp³-hybridized carbons (Fsp3) is 0.227. The number of nitrogens with zero attached hydrogens (tertiary/aromatic N) is 4. The van der Waals surface area contributed by atoms with E-state index in [0.29, 0.717) is 5.75 Å². The Morgan fingerprint density at radius 2 is 2.06 bits per heavy atom. The maximum atomic E-state index is 6.90. The molecule has 0 radical (unpaired) electrons. The van der Waals surface area contributed by atoms with Gasteiger partial charge in [-0.25, -0.2) is 14.6 Å². The van der Waals surface area contributed by atoms with Gasteiger partial charge in [-0.2, -0.15) is 0 Å². The number of hydrogen-bond acceptors (Lipinski definition) is 7. The minimum atomic E-state index is -0.556. The highest BCUT2D eigenvalue weighted by atomic mass is 35.5. The van der Waals surface area contributed by atoms with Gasteiger partial charge in [0.25, 0.3) is 0 Å². The molecule has 2 heterocycles. The molecule has 0 spiro atoms. The van der Waals surface area contributed by atoms with E-state index in [4.69, 9.17) is 27.1 Å². The van der Waals surface area contributed by atoms with E-state index in [-0.39, 0.29) is 5.28 Å². The Morgan fingerprint density at radius 3 is 2.81 bits per heavy atom. The summed E-state index contributed by atoms with van der Waals surface area (Å²) in [5.74, 6) is 0.644. The number of halogens is 1. The van der Waals surface area contributed by atoms with Crippen LogP contribution >= 0.6 is 22.9 Å². The molecule has 7 nitrogen and oxygen atoms in total. The number of aryl methyl sites for hydroxylation is 1. The Labute approximate surface area is 188 Å². The topological polar surface area (TPSA) is 90.9 Å². The molecular formula is C22H21ClN6OS. The molecule has 0 saturated heterocycles. The van der Waals surface area contributed by atoms with E-state index in [9.17, 15) is 0 Å². The summed E-state index contributed by atoms with van der Waals surface area (Å²) in [6.45, 7) is 0. The van der Waals surface area contributed by atoms with Crippen LogP contribution in [0.3, 0.4) is 0 Å². The standard InChI is InChI=1S/C22H21ClN6OS/c1-30-17-12-15(9-10-16(17)29-13-25-20(23)28-29)26-21-27-19-18(31-21)8-5-11-22(19,24)14-6-3-2-4-7-14/h2-4,6-7,9-10,12-13H,5,8,11,24H2,1H3,(H,26,27). The Morgan fingerprint density at radius 1 is 1.23 bits per heavy atom. The Kier molecular flexibility index (Phi) is 5.13. The first-order chi connectivity index (χ1) is 15.1. The van der Waals surface area contributed by atoms with Crippen LogP contribution in [0.5, 0.6) is 5.75 Å². The van der Waals surface area contributed by atoms with Crippen molar-refractivity contribution in [3.05, 3.63) is 76.3 Å². The van der Waals surface area contributed by atoms with Gasteiger partial charge >= 0.3 is 0 Å². The molecule has 1 unspecified atom stereocenters. The first kappa shape index (κ1) is 20.0. The first-order valence-electron chi connectivity index (χ1n) is 9.94. The van der Waals surface area contributed by atoms with E-state index in [0.717, 1.165) is 47.0 Å². The molecule has 1 aliphatic carbocycles. The van der Waals surface area contributed by atoms with Gasteiger partial charge in [0.1, 0.15) is 17.8 Å². The largest absolute Gasteiger partial charge is 0.494 e. The number of ether oxygens (including phenoxy) is 1. The van der Waals surface area contributed by atoms with Crippen LogP contribution in [0.2, 0.25) is 5.28 Å². The van der Waals surface area contributed by atoms with E-state index in [1.54, 1.807) is 29.5 Å². The lowest BCUT2D eigenvalue weighted by molar-refractivity contribution is 0.412. The lowest BCUT2D eigenvalue weighted by Gasteiger charge is -2.32. The second-order valence-corrected chi connectivity index (χ2v) is 8.87. The van der Waals surface area contributed by atoms with E-state index in [1.165, 1.54) is 4.88 Å². The predicted octanol–water partition coefficient (Wildman–Crippen LogP) is 4.67. The molecular weight excluding hydrogens is 432 g/mol. The highest BCUT2D eigenvalue weighted by Gasteiger charge is 2.37. The first-order valence-corrected chi connectivity index (χ1v) is 11.1. The molecule has 1 atom stereocenters. The van der Waals surface area contributed by atoms with Gasteiger partial charge in [-0.15, -0.1) is 16.4 Å². The molecule has 0 bridgehead atoms. The highest BCUT2D eigenvalue weighted by Crippen LogP contribution is 2.42. The summed E-state index contributed by atoms with van der Waals surface area (Å²) in [7, 11) is 1.62. The molecule has 0 amide bonds. The van der Waals surface area contributed by atoms with Gasteiger partial charge in [-0.05, 0) is 48.6 Å². The van der Waals surface area contributed by atoms with Crippen LogP contribution < -0.4 is 15.8 Å². The zero-order valence-corrected chi connectivity index (χ0v) is 18.5. The van der Waals surface area contributed by atoms with Gasteiger partial charge in [0.15, 0.2) is 5.13 Å². The van der Waals surface area contributed by atoms with E-state index in [2.05, 4.69) is 27.5 Å². The normalized spacial score (nSPS) is 17.9. The summed E-state index contributed by atoms with van der Waals surface area (Å²) >= 11 is 7.50. The highest BCUT2D eigenvalue weighted by molar-refractivity contribution is 7.15. The zero-order valence-electron chi connectivity index (χ0n) is 16.9. The van der Waals surface area contributed by atoms with Crippen molar-refractivity contribution in [2.24, 2.45) is 5.73 Å². The van der Waals surface area contributed by atoms with Crippen LogP contribution in [0.1, 0.15) is 29.0 Å². The maximum Gasteiger partial charge on any atom is 0.242 e. The number of hydrogen-bond donors (Lipinski definition) is 2. The second-order valence-electron chi connectivity index (χ2n) is 7.45. The molecule has 2 aromatic carbocycles. The molecule has 2 aromatic heterocycles. The van der Waals surface area contributed by atoms with Crippen molar-refractivity contribution in [3.63, 3.8) is 0 Å². The molecule has 0 saturated carbocycles. The minimum Gasteiger partial charge on any atom is -0.494 e. The fourth-order valence-electron chi connectivity index (χ4n) is 4.01. The number of nitrogens with two attached hydrogens (primary N) is 1. The number of aromatic nitrogens is 4. The quantitative estimate of drug-likeness (QED) is 0.457. The van der Waals surface area contributed by atoms with Crippen LogP contribution in [0.25, 0.3) is 5.69 Å². The van der Waals surface area contributed by atoms with E-state index >= 15 is 0 Å². The number of methoxy groups -OCH3 is 1. The number of thiazole rings is 1. The third-order valence-corrected chi connectivity index (χ3v) is 6.73. The summed E-state index contributed by atoms with van der Waals surface area (Å²) in [5.41, 5.74) is 10.0. The van der Waals surface area contributed by atoms with Gasteiger partial charge in [0.2, 0.25) is 5.28 Å². The smallest absolute Gasteiger partial charge is 0.242 e. The molecule has 3 N–H and O–H groups in total. The van der Waals surface area contributed by atoms with Crippen LogP contribution in [0.15, 0.2) is 54.9 Å². The number of fused-ring (bicyclic) bond motifs is 1. The van der Waals surface area contributed by atoms with Gasteiger partial charge in [-0.1, -0.05) is 30.3 Å². The Bertz CT molecular complexity index is 1220. The third-order valence-electron chi connectivity index (χ3n) is 5.53. The van der Waals surface area contributed by atoms with Crippen molar-refractivity contribution in [3.8, 4) is 11.4 Å². The predicted molar refractivity (Wildman–Crippen MR) is 123 cm³/mol. The van der Waals surface area contributed by atoms with E-state index in [1.807, 2.05) is 36.4 Å². The van der Waals surface area contributed by atoms with Crippen molar-refractivity contribution in [2.75, 3.05) is 12.4 Å². The van der Waals surface area contributed by atoms with Crippen LogP contribution in [0, 0.1) is 0 Å². The molecule has 0 aliphatic heterocycles. The van der Waals surface area contributed by atoms with Crippen molar-refractivity contribution in [1.29, 1.82) is 0 Å². The lowest BCUT2D eigenvalue weighted by atomic mass is 9.78. The van der Waals surface area contributed by atoms with Crippen LogP contribution in [0.4, 0.5) is 10.8 Å². The lowest BCUT2D eigenvalue weighted by Crippen LogP contribution is -2.41. The summed E-state index contributed by atoms with van der Waals surface area (Å²) < 4.78 is 7.13. The molecule has 5 rings (SSSR count). The average Bonchev–Trinajstić information content (AvgIpc) is 3.41. The summed E-state index contributed by atoms with van der Waals surface area (Å²) in [6, 6.07) is 16.0. The van der Waals surface area contributed by atoms with Crippen molar-refractivity contribution in [1.82, 2.24) is 19.7 Å². The number of benzene rings is 2. The van der Waals surface area contributed by atoms with Gasteiger partial charge in [0, 0.05) is 16.6 Å². The Balaban J connectivity index is 1.45. The number of anilines is 2. The molecule has 0 fully saturated rings. The zero-order chi connectivity index (χ0) is 21.4. The summed E-state index contributed by atoms with van der Waals surface area (Å²) in [5, 5.41) is 8.55. The molecule has 4 aromatic rings. The average molecular weight is 453 g/mol.